The fourth-order valence-corrected chi connectivity index (χ4v) is 4.17. The number of halogens is 3. The molecule has 2 aromatic carbocycles. The van der Waals surface area contributed by atoms with Gasteiger partial charge in [0.25, 0.3) is 5.91 Å². The Morgan fingerprint density at radius 1 is 1.11 bits per heavy atom. The van der Waals surface area contributed by atoms with Gasteiger partial charge in [0.05, 0.1) is 12.3 Å². The second kappa shape index (κ2) is 13.0. The van der Waals surface area contributed by atoms with Crippen LogP contribution in [0.4, 0.5) is 18.3 Å². The van der Waals surface area contributed by atoms with Crippen molar-refractivity contribution in [3.63, 3.8) is 0 Å². The number of anilines is 1. The lowest BCUT2D eigenvalue weighted by Crippen LogP contribution is -2.13. The molecular formula is C27H27F3N2O4S. The zero-order valence-corrected chi connectivity index (χ0v) is 21.3. The van der Waals surface area contributed by atoms with Gasteiger partial charge >= 0.3 is 5.97 Å². The zero-order chi connectivity index (χ0) is 26.9. The summed E-state index contributed by atoms with van der Waals surface area (Å²) >= 11 is 1.02. The number of aromatic nitrogens is 1. The number of aliphatic carboxylic acids is 1. The smallest absolute Gasteiger partial charge is 0.331 e. The quantitative estimate of drug-likeness (QED) is 0.189. The first-order chi connectivity index (χ1) is 17.7. The standard InChI is InChI=1S/C27H27F3N2O4S/c1-3-4-5-6-7-11-36-23-10-8-9-18(24(23)30)22-15-37-27(31-22)32-25(33)17-13-20(28)19(21(29)14-17)12-16(2)26(34)35/h8-10,12-15H,3-7,11H2,1-2H3,(H,34,35)(H,31,32,33)/b16-12+. The fourth-order valence-electron chi connectivity index (χ4n) is 3.46. The number of hydrogen-bond donors (Lipinski definition) is 2. The van der Waals surface area contributed by atoms with Crippen LogP contribution in [-0.2, 0) is 4.79 Å². The number of carboxylic acid groups (broad SMARTS) is 1. The van der Waals surface area contributed by atoms with Crippen LogP contribution in [0.5, 0.6) is 5.75 Å². The molecule has 0 spiro atoms. The third kappa shape index (κ3) is 7.42. The van der Waals surface area contributed by atoms with E-state index in [0.29, 0.717) is 6.61 Å². The van der Waals surface area contributed by atoms with E-state index in [4.69, 9.17) is 9.84 Å². The number of amides is 1. The number of unbranched alkanes of at least 4 members (excludes halogenated alkanes) is 4. The van der Waals surface area contributed by atoms with Crippen molar-refractivity contribution in [2.24, 2.45) is 0 Å². The van der Waals surface area contributed by atoms with Crippen molar-refractivity contribution < 1.29 is 32.6 Å². The number of benzene rings is 2. The van der Waals surface area contributed by atoms with Crippen molar-refractivity contribution in [2.45, 2.75) is 46.0 Å². The molecule has 1 amide bonds. The van der Waals surface area contributed by atoms with Gasteiger partial charge in [0.15, 0.2) is 16.7 Å². The lowest BCUT2D eigenvalue weighted by molar-refractivity contribution is -0.132. The fraction of sp³-hybridized carbons (Fsp3) is 0.296. The highest BCUT2D eigenvalue weighted by atomic mass is 32.1. The van der Waals surface area contributed by atoms with Crippen LogP contribution in [0, 0.1) is 17.5 Å². The van der Waals surface area contributed by atoms with Crippen LogP contribution in [0.2, 0.25) is 0 Å². The second-order valence-electron chi connectivity index (χ2n) is 8.36. The first-order valence-electron chi connectivity index (χ1n) is 11.8. The van der Waals surface area contributed by atoms with E-state index in [1.807, 2.05) is 0 Å². The maximum atomic E-state index is 15.0. The largest absolute Gasteiger partial charge is 0.490 e. The molecule has 3 rings (SSSR count). The topological polar surface area (TPSA) is 88.5 Å². The van der Waals surface area contributed by atoms with Gasteiger partial charge in [-0.05, 0) is 43.7 Å². The third-order valence-electron chi connectivity index (χ3n) is 5.51. The van der Waals surface area contributed by atoms with Crippen LogP contribution in [0.15, 0.2) is 41.3 Å². The predicted octanol–water partition coefficient (Wildman–Crippen LogP) is 7.32. The Morgan fingerprint density at radius 3 is 2.49 bits per heavy atom. The molecule has 6 nitrogen and oxygen atoms in total. The number of carbonyl (C=O) groups is 2. The molecule has 10 heteroatoms. The van der Waals surface area contributed by atoms with Gasteiger partial charge in [-0.1, -0.05) is 38.7 Å². The molecule has 0 atom stereocenters. The Labute approximate surface area is 216 Å². The minimum atomic E-state index is -1.32. The molecule has 0 aliphatic carbocycles. The minimum Gasteiger partial charge on any atom is -0.490 e. The Bertz CT molecular complexity index is 1280. The molecule has 0 saturated heterocycles. The average molecular weight is 533 g/mol. The van der Waals surface area contributed by atoms with Gasteiger partial charge in [-0.15, -0.1) is 11.3 Å². The van der Waals surface area contributed by atoms with E-state index >= 15 is 4.39 Å². The van der Waals surface area contributed by atoms with Crippen molar-refractivity contribution in [1.29, 1.82) is 0 Å². The average Bonchev–Trinajstić information content (AvgIpc) is 3.32. The molecule has 0 radical (unpaired) electrons. The van der Waals surface area contributed by atoms with Gasteiger partial charge < -0.3 is 9.84 Å². The van der Waals surface area contributed by atoms with Gasteiger partial charge in [-0.25, -0.2) is 22.9 Å². The zero-order valence-electron chi connectivity index (χ0n) is 20.4. The maximum Gasteiger partial charge on any atom is 0.331 e. The van der Waals surface area contributed by atoms with Crippen molar-refractivity contribution in [2.75, 3.05) is 11.9 Å². The number of nitrogens with one attached hydrogen (secondary N) is 1. The van der Waals surface area contributed by atoms with Crippen LogP contribution in [0.1, 0.15) is 61.9 Å². The Morgan fingerprint density at radius 2 is 1.81 bits per heavy atom. The number of rotatable bonds is 12. The normalized spacial score (nSPS) is 11.4. The molecule has 37 heavy (non-hydrogen) atoms. The number of ether oxygens (including phenoxy) is 1. The van der Waals surface area contributed by atoms with Gasteiger partial charge in [-0.2, -0.15) is 0 Å². The van der Waals surface area contributed by atoms with E-state index in [9.17, 15) is 18.4 Å². The number of carbonyl (C=O) groups excluding carboxylic acids is 1. The summed E-state index contributed by atoms with van der Waals surface area (Å²) in [6.07, 6.45) is 6.10. The molecule has 196 valence electrons. The molecule has 0 bridgehead atoms. The van der Waals surface area contributed by atoms with Gasteiger partial charge in [0.1, 0.15) is 11.6 Å². The van der Waals surface area contributed by atoms with Crippen LogP contribution in [-0.4, -0.2) is 28.6 Å². The minimum absolute atomic E-state index is 0.105. The molecule has 3 aromatic rings. The summed E-state index contributed by atoms with van der Waals surface area (Å²) < 4.78 is 49.4. The van der Waals surface area contributed by atoms with Crippen LogP contribution in [0.3, 0.4) is 0 Å². The lowest BCUT2D eigenvalue weighted by atomic mass is 10.1. The van der Waals surface area contributed by atoms with Crippen molar-refractivity contribution in [1.82, 2.24) is 4.98 Å². The van der Waals surface area contributed by atoms with Crippen LogP contribution < -0.4 is 10.1 Å². The van der Waals surface area contributed by atoms with Crippen molar-refractivity contribution >= 4 is 34.4 Å². The van der Waals surface area contributed by atoms with Crippen molar-refractivity contribution in [3.8, 4) is 17.0 Å². The van der Waals surface area contributed by atoms with Gasteiger partial charge in [0, 0.05) is 27.6 Å². The van der Waals surface area contributed by atoms with E-state index < -0.39 is 34.9 Å². The first kappa shape index (κ1) is 27.9. The molecule has 0 saturated carbocycles. The van der Waals surface area contributed by atoms with E-state index in [0.717, 1.165) is 61.6 Å². The Balaban J connectivity index is 1.70. The molecule has 0 unspecified atom stereocenters. The van der Waals surface area contributed by atoms with E-state index in [1.54, 1.807) is 23.6 Å². The monoisotopic (exact) mass is 532 g/mol. The van der Waals surface area contributed by atoms with E-state index in [1.165, 1.54) is 6.92 Å². The SMILES string of the molecule is CCCCCCCOc1cccc(-c2csc(NC(=O)c3cc(F)c(/C=C(\C)C(=O)O)c(F)c3)n2)c1F. The first-order valence-corrected chi connectivity index (χ1v) is 12.7. The highest BCUT2D eigenvalue weighted by Crippen LogP contribution is 2.32. The second-order valence-corrected chi connectivity index (χ2v) is 9.22. The predicted molar refractivity (Wildman–Crippen MR) is 137 cm³/mol. The summed E-state index contributed by atoms with van der Waals surface area (Å²) in [5.74, 6) is -4.78. The molecule has 1 aromatic heterocycles. The summed E-state index contributed by atoms with van der Waals surface area (Å²) in [6.45, 7) is 3.73. The number of nitrogens with zero attached hydrogens (tertiary/aromatic N) is 1. The summed E-state index contributed by atoms with van der Waals surface area (Å²) in [6, 6.07) is 6.34. The maximum absolute atomic E-state index is 15.0. The molecule has 2 N–H and O–H groups in total. The van der Waals surface area contributed by atoms with Crippen molar-refractivity contribution in [3.05, 3.63) is 69.9 Å². The highest BCUT2D eigenvalue weighted by Gasteiger charge is 2.18. The van der Waals surface area contributed by atoms with E-state index in [-0.39, 0.29) is 33.3 Å². The third-order valence-corrected chi connectivity index (χ3v) is 6.27. The molecule has 0 aliphatic heterocycles. The van der Waals surface area contributed by atoms with Crippen LogP contribution >= 0.6 is 11.3 Å². The summed E-state index contributed by atoms with van der Waals surface area (Å²) in [5.41, 5.74) is -0.682. The Hall–Kier alpha value is -3.66. The molecule has 0 aliphatic rings. The van der Waals surface area contributed by atoms with Gasteiger partial charge in [0.2, 0.25) is 0 Å². The molecule has 1 heterocycles. The summed E-state index contributed by atoms with van der Waals surface area (Å²) in [5, 5.41) is 13.0. The summed E-state index contributed by atoms with van der Waals surface area (Å²) in [7, 11) is 0. The number of carboxylic acids is 1. The van der Waals surface area contributed by atoms with Gasteiger partial charge in [-0.3, -0.25) is 10.1 Å². The Kier molecular flexibility index (Phi) is 9.85. The van der Waals surface area contributed by atoms with E-state index in [2.05, 4.69) is 17.2 Å². The highest BCUT2D eigenvalue weighted by molar-refractivity contribution is 7.14. The number of hydrogen-bond acceptors (Lipinski definition) is 5. The lowest BCUT2D eigenvalue weighted by Gasteiger charge is -2.09. The van der Waals surface area contributed by atoms with Crippen LogP contribution in [0.25, 0.3) is 17.3 Å². The molecule has 0 fully saturated rings. The number of thiazole rings is 1. The summed E-state index contributed by atoms with van der Waals surface area (Å²) in [4.78, 5) is 27.7. The molecular weight excluding hydrogens is 505 g/mol.